The Morgan fingerprint density at radius 3 is 1.67 bits per heavy atom. The normalized spacial score (nSPS) is 6.00. The van der Waals surface area contributed by atoms with Crippen molar-refractivity contribution in [1.29, 1.82) is 0 Å². The first-order valence-corrected chi connectivity index (χ1v) is 2.49. The average molecular weight is 138 g/mol. The van der Waals surface area contributed by atoms with E-state index in [1.165, 1.54) is 0 Å². The van der Waals surface area contributed by atoms with Gasteiger partial charge in [0.15, 0.2) is 0 Å². The summed E-state index contributed by atoms with van der Waals surface area (Å²) >= 11 is 0. The summed E-state index contributed by atoms with van der Waals surface area (Å²) in [6, 6.07) is 0. The topological polar surface area (TPSA) is 78.0 Å². The zero-order chi connectivity index (χ0) is 6.83. The number of carbonyl (C=O) groups is 1. The molecular formula is C5H14O4. The van der Waals surface area contributed by atoms with Crippen LogP contribution in [-0.2, 0) is 9.53 Å². The first-order valence-electron chi connectivity index (χ1n) is 2.49. The molecule has 9 heavy (non-hydrogen) atoms. The SMILES string of the molecule is CCOCC.O.O=CO. The monoisotopic (exact) mass is 138 g/mol. The Labute approximate surface area is 54.8 Å². The van der Waals surface area contributed by atoms with Gasteiger partial charge in [-0.05, 0) is 13.8 Å². The van der Waals surface area contributed by atoms with E-state index in [1.54, 1.807) is 0 Å². The molecule has 0 aliphatic rings. The molecule has 0 aliphatic carbocycles. The summed E-state index contributed by atoms with van der Waals surface area (Å²) in [4.78, 5) is 8.36. The molecule has 0 saturated heterocycles. The summed E-state index contributed by atoms with van der Waals surface area (Å²) in [5.41, 5.74) is 0. The number of rotatable bonds is 2. The molecule has 0 aromatic heterocycles. The lowest BCUT2D eigenvalue weighted by molar-refractivity contribution is -0.122. The van der Waals surface area contributed by atoms with Crippen LogP contribution in [0.15, 0.2) is 0 Å². The van der Waals surface area contributed by atoms with Gasteiger partial charge in [0.25, 0.3) is 6.47 Å². The number of carboxylic acid groups (broad SMARTS) is 1. The fraction of sp³-hybridized carbons (Fsp3) is 0.800. The standard InChI is InChI=1S/C4H10O.CH2O2.H2O/c1-3-5-4-2;2-1-3;/h3-4H2,1-2H3;1H,(H,2,3);1H2. The van der Waals surface area contributed by atoms with Gasteiger partial charge in [-0.25, -0.2) is 0 Å². The van der Waals surface area contributed by atoms with Crippen molar-refractivity contribution in [2.45, 2.75) is 13.8 Å². The van der Waals surface area contributed by atoms with Crippen LogP contribution >= 0.6 is 0 Å². The number of hydrogen-bond acceptors (Lipinski definition) is 2. The quantitative estimate of drug-likeness (QED) is 0.542. The molecule has 0 spiro atoms. The summed E-state index contributed by atoms with van der Waals surface area (Å²) in [6.07, 6.45) is 0. The van der Waals surface area contributed by atoms with Gasteiger partial charge < -0.3 is 15.3 Å². The predicted molar refractivity (Wildman–Crippen MR) is 34.5 cm³/mol. The molecule has 58 valence electrons. The lowest BCUT2D eigenvalue weighted by Gasteiger charge is -1.86. The molecular weight excluding hydrogens is 124 g/mol. The van der Waals surface area contributed by atoms with Gasteiger partial charge in [0.2, 0.25) is 0 Å². The highest BCUT2D eigenvalue weighted by Crippen LogP contribution is 1.64. The predicted octanol–water partition coefficient (Wildman–Crippen LogP) is -0.0811. The van der Waals surface area contributed by atoms with Crippen LogP contribution in [0.25, 0.3) is 0 Å². The van der Waals surface area contributed by atoms with Crippen LogP contribution < -0.4 is 0 Å². The minimum Gasteiger partial charge on any atom is -0.483 e. The van der Waals surface area contributed by atoms with Crippen molar-refractivity contribution < 1.29 is 20.1 Å². The zero-order valence-corrected chi connectivity index (χ0v) is 5.76. The minimum absolute atomic E-state index is 0. The second-order valence-electron chi connectivity index (χ2n) is 0.887. The van der Waals surface area contributed by atoms with Gasteiger partial charge in [-0.15, -0.1) is 0 Å². The molecule has 4 heteroatoms. The van der Waals surface area contributed by atoms with Crippen molar-refractivity contribution in [2.75, 3.05) is 13.2 Å². The second kappa shape index (κ2) is 26.3. The highest BCUT2D eigenvalue weighted by molar-refractivity contribution is 5.32. The third kappa shape index (κ3) is 111. The number of ether oxygens (including phenoxy) is 1. The highest BCUT2D eigenvalue weighted by Gasteiger charge is 1.64. The Morgan fingerprint density at radius 1 is 1.44 bits per heavy atom. The van der Waals surface area contributed by atoms with Gasteiger partial charge in [0, 0.05) is 13.2 Å². The van der Waals surface area contributed by atoms with E-state index in [1.807, 2.05) is 13.8 Å². The first kappa shape index (κ1) is 15.8. The molecule has 0 bridgehead atoms. The van der Waals surface area contributed by atoms with E-state index in [0.29, 0.717) is 0 Å². The largest absolute Gasteiger partial charge is 0.483 e. The number of hydrogen-bond donors (Lipinski definition) is 1. The second-order valence-corrected chi connectivity index (χ2v) is 0.887. The molecule has 0 unspecified atom stereocenters. The van der Waals surface area contributed by atoms with Crippen LogP contribution in [0.5, 0.6) is 0 Å². The van der Waals surface area contributed by atoms with Gasteiger partial charge in [0.05, 0.1) is 0 Å². The van der Waals surface area contributed by atoms with Crippen molar-refractivity contribution in [2.24, 2.45) is 0 Å². The summed E-state index contributed by atoms with van der Waals surface area (Å²) < 4.78 is 4.83. The van der Waals surface area contributed by atoms with Crippen LogP contribution in [0.2, 0.25) is 0 Å². The van der Waals surface area contributed by atoms with Crippen molar-refractivity contribution in [1.82, 2.24) is 0 Å². The van der Waals surface area contributed by atoms with Gasteiger partial charge in [-0.1, -0.05) is 0 Å². The van der Waals surface area contributed by atoms with E-state index in [0.717, 1.165) is 13.2 Å². The van der Waals surface area contributed by atoms with E-state index in [9.17, 15) is 0 Å². The molecule has 0 radical (unpaired) electrons. The van der Waals surface area contributed by atoms with Crippen molar-refractivity contribution in [3.05, 3.63) is 0 Å². The Kier molecular flexibility index (Phi) is 46.0. The maximum atomic E-state index is 8.36. The summed E-state index contributed by atoms with van der Waals surface area (Å²) in [6.45, 7) is 5.42. The summed E-state index contributed by atoms with van der Waals surface area (Å²) in [5.74, 6) is 0. The van der Waals surface area contributed by atoms with Crippen LogP contribution in [0.3, 0.4) is 0 Å². The van der Waals surface area contributed by atoms with Crippen LogP contribution in [0.1, 0.15) is 13.8 Å². The smallest absolute Gasteiger partial charge is 0.290 e. The molecule has 4 nitrogen and oxygen atoms in total. The van der Waals surface area contributed by atoms with Gasteiger partial charge in [-0.3, -0.25) is 4.79 Å². The maximum Gasteiger partial charge on any atom is 0.290 e. The Morgan fingerprint density at radius 2 is 1.67 bits per heavy atom. The summed E-state index contributed by atoms with van der Waals surface area (Å²) in [5, 5.41) is 6.89. The van der Waals surface area contributed by atoms with Crippen LogP contribution in [-0.4, -0.2) is 30.3 Å². The fourth-order valence-electron chi connectivity index (χ4n) is 0.204. The molecule has 0 aliphatic heterocycles. The molecule has 0 amide bonds. The lowest BCUT2D eigenvalue weighted by atomic mass is 10.8. The molecule has 0 saturated carbocycles. The van der Waals surface area contributed by atoms with Crippen LogP contribution in [0, 0.1) is 0 Å². The van der Waals surface area contributed by atoms with Crippen molar-refractivity contribution in [3.8, 4) is 0 Å². The Balaban J connectivity index is -0.0000000800. The average Bonchev–Trinajstić information content (AvgIpc) is 1.71. The van der Waals surface area contributed by atoms with Gasteiger partial charge in [-0.2, -0.15) is 0 Å². The zero-order valence-electron chi connectivity index (χ0n) is 5.76. The Hall–Kier alpha value is -0.610. The van der Waals surface area contributed by atoms with Gasteiger partial charge >= 0.3 is 0 Å². The lowest BCUT2D eigenvalue weighted by Crippen LogP contribution is -1.84. The molecule has 0 heterocycles. The van der Waals surface area contributed by atoms with E-state index in [2.05, 4.69) is 0 Å². The molecule has 0 rings (SSSR count). The Bertz CT molecular complexity index is 35.9. The first-order chi connectivity index (χ1) is 3.83. The molecule has 0 aromatic carbocycles. The summed E-state index contributed by atoms with van der Waals surface area (Å²) in [7, 11) is 0. The van der Waals surface area contributed by atoms with E-state index in [4.69, 9.17) is 14.6 Å². The van der Waals surface area contributed by atoms with Gasteiger partial charge in [0.1, 0.15) is 0 Å². The molecule has 3 N–H and O–H groups in total. The molecule has 0 atom stereocenters. The highest BCUT2D eigenvalue weighted by atomic mass is 16.5. The fourth-order valence-corrected chi connectivity index (χ4v) is 0.204. The molecule has 0 fully saturated rings. The van der Waals surface area contributed by atoms with Crippen molar-refractivity contribution >= 4 is 6.47 Å². The van der Waals surface area contributed by atoms with E-state index < -0.39 is 0 Å². The third-order valence-corrected chi connectivity index (χ3v) is 0.408. The molecule has 0 aromatic rings. The van der Waals surface area contributed by atoms with E-state index >= 15 is 0 Å². The van der Waals surface area contributed by atoms with Crippen molar-refractivity contribution in [3.63, 3.8) is 0 Å². The maximum absolute atomic E-state index is 8.36. The minimum atomic E-state index is -0.250. The van der Waals surface area contributed by atoms with Crippen LogP contribution in [0.4, 0.5) is 0 Å². The van der Waals surface area contributed by atoms with E-state index in [-0.39, 0.29) is 11.9 Å². The third-order valence-electron chi connectivity index (χ3n) is 0.408.